The summed E-state index contributed by atoms with van der Waals surface area (Å²) in [7, 11) is 0. The maximum Gasteiger partial charge on any atom is 0.124 e. The van der Waals surface area contributed by atoms with Gasteiger partial charge in [0.15, 0.2) is 0 Å². The molecule has 0 aromatic heterocycles. The minimum Gasteiger partial charge on any atom is -0.271 e. The molecule has 1 atom stereocenters. The van der Waals surface area contributed by atoms with Gasteiger partial charge < -0.3 is 0 Å². The lowest BCUT2D eigenvalue weighted by molar-refractivity contribution is 0.228. The molecule has 0 amide bonds. The largest absolute Gasteiger partial charge is 0.271 e. The molecule has 1 unspecified atom stereocenters. The summed E-state index contributed by atoms with van der Waals surface area (Å²) in [5.41, 5.74) is 3.99. The summed E-state index contributed by atoms with van der Waals surface area (Å²) in [5, 5.41) is 0. The van der Waals surface area contributed by atoms with E-state index < -0.39 is 0 Å². The van der Waals surface area contributed by atoms with Crippen LogP contribution in [0.3, 0.4) is 0 Å². The average molecular weight is 287 g/mol. The maximum atomic E-state index is 12.9. The number of hydrazine groups is 1. The number of benzene rings is 1. The number of rotatable bonds is 4. The van der Waals surface area contributed by atoms with Crippen LogP contribution < -0.4 is 11.3 Å². The zero-order valence-corrected chi connectivity index (χ0v) is 10.6. The highest BCUT2D eigenvalue weighted by molar-refractivity contribution is 9.10. The van der Waals surface area contributed by atoms with Crippen molar-refractivity contribution < 1.29 is 4.39 Å². The molecule has 0 radical (unpaired) electrons. The minimum absolute atomic E-state index is 0.212. The van der Waals surface area contributed by atoms with Crippen LogP contribution in [0.25, 0.3) is 0 Å². The van der Waals surface area contributed by atoms with Gasteiger partial charge in [-0.05, 0) is 42.9 Å². The predicted octanol–water partition coefficient (Wildman–Crippen LogP) is 2.76. The van der Waals surface area contributed by atoms with Crippen molar-refractivity contribution in [2.45, 2.75) is 31.7 Å². The second kappa shape index (κ2) is 5.25. The maximum absolute atomic E-state index is 12.9. The van der Waals surface area contributed by atoms with Crippen molar-refractivity contribution in [3.8, 4) is 0 Å². The molecule has 88 valence electrons. The van der Waals surface area contributed by atoms with E-state index in [1.54, 1.807) is 0 Å². The fraction of sp³-hybridized carbons (Fsp3) is 0.500. The van der Waals surface area contributed by atoms with E-state index in [1.165, 1.54) is 31.4 Å². The SMILES string of the molecule is NNC(Cc1ccc(F)cc1Br)C1CCC1. The van der Waals surface area contributed by atoms with E-state index >= 15 is 0 Å². The number of nitrogens with two attached hydrogens (primary N) is 1. The lowest BCUT2D eigenvalue weighted by atomic mass is 9.78. The van der Waals surface area contributed by atoms with Crippen LogP contribution in [0, 0.1) is 11.7 Å². The highest BCUT2D eigenvalue weighted by atomic mass is 79.9. The van der Waals surface area contributed by atoms with Gasteiger partial charge in [0.1, 0.15) is 5.82 Å². The molecule has 16 heavy (non-hydrogen) atoms. The Morgan fingerprint density at radius 3 is 2.75 bits per heavy atom. The molecular formula is C12H16BrFN2. The van der Waals surface area contributed by atoms with E-state index in [1.807, 2.05) is 6.07 Å². The Balaban J connectivity index is 2.06. The van der Waals surface area contributed by atoms with Crippen molar-refractivity contribution >= 4 is 15.9 Å². The van der Waals surface area contributed by atoms with Crippen molar-refractivity contribution in [1.29, 1.82) is 0 Å². The minimum atomic E-state index is -0.212. The Labute approximate surface area is 104 Å². The van der Waals surface area contributed by atoms with Gasteiger partial charge in [0.05, 0.1) is 0 Å². The van der Waals surface area contributed by atoms with E-state index in [-0.39, 0.29) is 5.82 Å². The third-order valence-corrected chi connectivity index (χ3v) is 4.13. The van der Waals surface area contributed by atoms with Crippen LogP contribution in [0.15, 0.2) is 22.7 Å². The highest BCUT2D eigenvalue weighted by Crippen LogP contribution is 2.31. The molecule has 0 bridgehead atoms. The normalized spacial score (nSPS) is 18.2. The predicted molar refractivity (Wildman–Crippen MR) is 66.3 cm³/mol. The van der Waals surface area contributed by atoms with Crippen LogP contribution in [0.4, 0.5) is 4.39 Å². The van der Waals surface area contributed by atoms with Crippen LogP contribution in [0.2, 0.25) is 0 Å². The van der Waals surface area contributed by atoms with Gasteiger partial charge in [-0.3, -0.25) is 11.3 Å². The first-order chi connectivity index (χ1) is 7.70. The van der Waals surface area contributed by atoms with Crippen molar-refractivity contribution in [2.75, 3.05) is 0 Å². The molecule has 0 spiro atoms. The van der Waals surface area contributed by atoms with Gasteiger partial charge in [-0.2, -0.15) is 0 Å². The Kier molecular flexibility index (Phi) is 3.95. The average Bonchev–Trinajstić information content (AvgIpc) is 2.18. The van der Waals surface area contributed by atoms with Gasteiger partial charge in [0.25, 0.3) is 0 Å². The van der Waals surface area contributed by atoms with Crippen LogP contribution in [-0.2, 0) is 6.42 Å². The molecule has 1 aromatic rings. The molecule has 4 heteroatoms. The summed E-state index contributed by atoms with van der Waals surface area (Å²) in [5.74, 6) is 6.03. The third kappa shape index (κ3) is 2.62. The van der Waals surface area contributed by atoms with Crippen molar-refractivity contribution in [3.63, 3.8) is 0 Å². The number of hydrogen-bond acceptors (Lipinski definition) is 2. The fourth-order valence-corrected chi connectivity index (χ4v) is 2.64. The zero-order chi connectivity index (χ0) is 11.5. The van der Waals surface area contributed by atoms with Gasteiger partial charge in [-0.25, -0.2) is 4.39 Å². The van der Waals surface area contributed by atoms with Crippen LogP contribution in [0.5, 0.6) is 0 Å². The van der Waals surface area contributed by atoms with Gasteiger partial charge in [-0.1, -0.05) is 28.4 Å². The first kappa shape index (κ1) is 12.0. The van der Waals surface area contributed by atoms with Gasteiger partial charge in [-0.15, -0.1) is 0 Å². The van der Waals surface area contributed by atoms with E-state index in [2.05, 4.69) is 21.4 Å². The fourth-order valence-electron chi connectivity index (χ4n) is 2.13. The second-order valence-corrected chi connectivity index (χ2v) is 5.26. The number of hydrogen-bond donors (Lipinski definition) is 2. The lowest BCUT2D eigenvalue weighted by Gasteiger charge is -2.33. The lowest BCUT2D eigenvalue weighted by Crippen LogP contribution is -2.44. The summed E-state index contributed by atoms with van der Waals surface area (Å²) in [6, 6.07) is 5.12. The van der Waals surface area contributed by atoms with Crippen LogP contribution in [-0.4, -0.2) is 6.04 Å². The molecule has 2 rings (SSSR count). The monoisotopic (exact) mass is 286 g/mol. The Bertz CT molecular complexity index is 366. The first-order valence-corrected chi connectivity index (χ1v) is 6.40. The first-order valence-electron chi connectivity index (χ1n) is 5.60. The molecule has 2 nitrogen and oxygen atoms in total. The highest BCUT2D eigenvalue weighted by Gasteiger charge is 2.26. The van der Waals surface area contributed by atoms with Crippen molar-refractivity contribution in [1.82, 2.24) is 5.43 Å². The molecule has 3 N–H and O–H groups in total. The smallest absolute Gasteiger partial charge is 0.124 e. The summed E-state index contributed by atoms with van der Waals surface area (Å²) in [6.45, 7) is 0. The van der Waals surface area contributed by atoms with Gasteiger partial charge in [0.2, 0.25) is 0 Å². The standard InChI is InChI=1S/C12H16BrFN2/c13-11-7-10(14)5-4-9(11)6-12(16-15)8-2-1-3-8/h4-5,7-8,12,16H,1-3,6,15H2. The quantitative estimate of drug-likeness (QED) is 0.660. The van der Waals surface area contributed by atoms with Gasteiger partial charge in [0, 0.05) is 10.5 Å². The second-order valence-electron chi connectivity index (χ2n) is 4.40. The van der Waals surface area contributed by atoms with E-state index in [4.69, 9.17) is 5.84 Å². The summed E-state index contributed by atoms with van der Waals surface area (Å²) >= 11 is 3.39. The molecule has 1 aliphatic rings. The van der Waals surface area contributed by atoms with Crippen LogP contribution >= 0.6 is 15.9 Å². The molecule has 0 aliphatic heterocycles. The molecule has 1 aliphatic carbocycles. The zero-order valence-electron chi connectivity index (χ0n) is 9.05. The number of halogens is 2. The summed E-state index contributed by atoms with van der Waals surface area (Å²) in [4.78, 5) is 0. The Hall–Kier alpha value is -0.450. The van der Waals surface area contributed by atoms with E-state index in [0.717, 1.165) is 16.5 Å². The van der Waals surface area contributed by atoms with Crippen molar-refractivity contribution in [3.05, 3.63) is 34.1 Å². The summed E-state index contributed by atoms with van der Waals surface area (Å²) < 4.78 is 13.8. The van der Waals surface area contributed by atoms with E-state index in [0.29, 0.717) is 12.0 Å². The third-order valence-electron chi connectivity index (χ3n) is 3.39. The molecule has 1 aromatic carbocycles. The van der Waals surface area contributed by atoms with Crippen LogP contribution in [0.1, 0.15) is 24.8 Å². The molecule has 0 saturated heterocycles. The van der Waals surface area contributed by atoms with Gasteiger partial charge >= 0.3 is 0 Å². The molecular weight excluding hydrogens is 271 g/mol. The molecule has 0 heterocycles. The Morgan fingerprint density at radius 2 is 2.25 bits per heavy atom. The Morgan fingerprint density at radius 1 is 1.50 bits per heavy atom. The molecule has 1 saturated carbocycles. The summed E-state index contributed by atoms with van der Waals surface area (Å²) in [6.07, 6.45) is 4.64. The molecule has 1 fully saturated rings. The topological polar surface area (TPSA) is 38.0 Å². The number of nitrogens with one attached hydrogen (secondary N) is 1. The van der Waals surface area contributed by atoms with E-state index in [9.17, 15) is 4.39 Å². The van der Waals surface area contributed by atoms with Crippen molar-refractivity contribution in [2.24, 2.45) is 11.8 Å².